The average molecular weight is 268 g/mol. The van der Waals surface area contributed by atoms with Crippen LogP contribution in [0, 0.1) is 6.92 Å². The molecule has 0 fully saturated rings. The normalized spacial score (nSPS) is 10.6. The minimum Gasteiger partial charge on any atom is -0.323 e. The van der Waals surface area contributed by atoms with Gasteiger partial charge in [-0.1, -0.05) is 11.6 Å². The van der Waals surface area contributed by atoms with Crippen LogP contribution in [0.2, 0.25) is 5.02 Å². The molecule has 0 atom stereocenters. The number of carbonyl (C=O) groups is 1. The van der Waals surface area contributed by atoms with Crippen LogP contribution in [0.25, 0.3) is 0 Å². The van der Waals surface area contributed by atoms with Crippen LogP contribution in [-0.2, 0) is 18.4 Å². The standard InChI is InChI=1S/C11H14ClN5O/c1-8-10(6-13-16(8)2)15-11(18)3-4-17-7-9(12)5-14-17/h5-7H,3-4H2,1-2H3,(H,15,18). The second-order valence-corrected chi connectivity index (χ2v) is 4.42. The number of carbonyl (C=O) groups excluding carboxylic acids is 1. The molecule has 0 unspecified atom stereocenters. The highest BCUT2D eigenvalue weighted by atomic mass is 35.5. The van der Waals surface area contributed by atoms with Gasteiger partial charge in [0.25, 0.3) is 0 Å². The summed E-state index contributed by atoms with van der Waals surface area (Å²) in [7, 11) is 1.83. The summed E-state index contributed by atoms with van der Waals surface area (Å²) in [5, 5.41) is 11.4. The molecule has 0 aliphatic heterocycles. The van der Waals surface area contributed by atoms with Gasteiger partial charge in [-0.25, -0.2) is 0 Å². The summed E-state index contributed by atoms with van der Waals surface area (Å²) in [4.78, 5) is 11.7. The first-order valence-electron chi connectivity index (χ1n) is 5.52. The molecule has 0 aromatic carbocycles. The van der Waals surface area contributed by atoms with E-state index in [1.807, 2.05) is 14.0 Å². The summed E-state index contributed by atoms with van der Waals surface area (Å²) in [5.41, 5.74) is 1.66. The largest absolute Gasteiger partial charge is 0.323 e. The molecule has 0 saturated carbocycles. The molecule has 1 N–H and O–H groups in total. The Morgan fingerprint density at radius 3 is 2.78 bits per heavy atom. The van der Waals surface area contributed by atoms with Crippen LogP contribution in [0.1, 0.15) is 12.1 Å². The van der Waals surface area contributed by atoms with E-state index < -0.39 is 0 Å². The van der Waals surface area contributed by atoms with Crippen LogP contribution in [0.3, 0.4) is 0 Å². The number of nitrogens with one attached hydrogen (secondary N) is 1. The first kappa shape index (κ1) is 12.6. The fourth-order valence-corrected chi connectivity index (χ4v) is 1.67. The molecule has 0 spiro atoms. The first-order chi connectivity index (χ1) is 8.56. The predicted octanol–water partition coefficient (Wildman–Crippen LogP) is 1.61. The molecule has 1 amide bonds. The molecule has 96 valence electrons. The number of aromatic nitrogens is 4. The number of anilines is 1. The molecule has 18 heavy (non-hydrogen) atoms. The Kier molecular flexibility index (Phi) is 3.66. The van der Waals surface area contributed by atoms with Crippen LogP contribution in [0.15, 0.2) is 18.6 Å². The minimum atomic E-state index is -0.0716. The van der Waals surface area contributed by atoms with Crippen LogP contribution < -0.4 is 5.32 Å². The van der Waals surface area contributed by atoms with Crippen molar-refractivity contribution in [1.29, 1.82) is 0 Å². The van der Waals surface area contributed by atoms with Gasteiger partial charge < -0.3 is 5.32 Å². The number of amides is 1. The van der Waals surface area contributed by atoms with Crippen molar-refractivity contribution < 1.29 is 4.79 Å². The van der Waals surface area contributed by atoms with E-state index in [2.05, 4.69) is 15.5 Å². The van der Waals surface area contributed by atoms with E-state index in [9.17, 15) is 4.79 Å². The Balaban J connectivity index is 1.87. The third kappa shape index (κ3) is 2.89. The molecular formula is C11H14ClN5O. The second kappa shape index (κ2) is 5.22. The number of halogens is 1. The van der Waals surface area contributed by atoms with Crippen LogP contribution in [0.5, 0.6) is 0 Å². The molecule has 2 rings (SSSR count). The topological polar surface area (TPSA) is 64.7 Å². The van der Waals surface area contributed by atoms with Crippen molar-refractivity contribution in [2.24, 2.45) is 7.05 Å². The summed E-state index contributed by atoms with van der Waals surface area (Å²) in [6.45, 7) is 2.40. The van der Waals surface area contributed by atoms with Crippen molar-refractivity contribution in [3.63, 3.8) is 0 Å². The maximum Gasteiger partial charge on any atom is 0.226 e. The van der Waals surface area contributed by atoms with E-state index in [-0.39, 0.29) is 5.91 Å². The Bertz CT molecular complexity index is 560. The van der Waals surface area contributed by atoms with Gasteiger partial charge in [0.2, 0.25) is 5.91 Å². The van der Waals surface area contributed by atoms with E-state index in [1.54, 1.807) is 28.0 Å². The Hall–Kier alpha value is -1.82. The predicted molar refractivity (Wildman–Crippen MR) is 68.4 cm³/mol. The number of hydrogen-bond donors (Lipinski definition) is 1. The van der Waals surface area contributed by atoms with Gasteiger partial charge >= 0.3 is 0 Å². The average Bonchev–Trinajstić information content (AvgIpc) is 2.88. The van der Waals surface area contributed by atoms with E-state index in [0.29, 0.717) is 18.0 Å². The van der Waals surface area contributed by atoms with E-state index in [4.69, 9.17) is 11.6 Å². The number of nitrogens with zero attached hydrogens (tertiary/aromatic N) is 4. The van der Waals surface area contributed by atoms with Gasteiger partial charge in [-0.2, -0.15) is 10.2 Å². The van der Waals surface area contributed by atoms with Gasteiger partial charge in [-0.3, -0.25) is 14.2 Å². The quantitative estimate of drug-likeness (QED) is 0.915. The van der Waals surface area contributed by atoms with E-state index >= 15 is 0 Å². The molecule has 0 aliphatic carbocycles. The maximum absolute atomic E-state index is 11.7. The molecule has 2 aromatic heterocycles. The number of rotatable bonds is 4. The second-order valence-electron chi connectivity index (χ2n) is 3.99. The molecule has 0 aliphatic rings. The number of aryl methyl sites for hydroxylation is 2. The maximum atomic E-state index is 11.7. The van der Waals surface area contributed by atoms with Crippen LogP contribution in [0.4, 0.5) is 5.69 Å². The van der Waals surface area contributed by atoms with Crippen molar-refractivity contribution in [2.45, 2.75) is 19.9 Å². The fourth-order valence-electron chi connectivity index (χ4n) is 1.51. The Morgan fingerprint density at radius 1 is 1.44 bits per heavy atom. The van der Waals surface area contributed by atoms with Crippen LogP contribution >= 0.6 is 11.6 Å². The van der Waals surface area contributed by atoms with Gasteiger partial charge in [0.05, 0.1) is 28.8 Å². The zero-order chi connectivity index (χ0) is 13.1. The van der Waals surface area contributed by atoms with Crippen molar-refractivity contribution >= 4 is 23.2 Å². The molecule has 0 bridgehead atoms. The van der Waals surface area contributed by atoms with E-state index in [1.165, 1.54) is 0 Å². The highest BCUT2D eigenvalue weighted by Crippen LogP contribution is 2.12. The fraction of sp³-hybridized carbons (Fsp3) is 0.364. The monoisotopic (exact) mass is 267 g/mol. The lowest BCUT2D eigenvalue weighted by Gasteiger charge is -2.04. The van der Waals surface area contributed by atoms with Gasteiger partial charge in [0, 0.05) is 26.2 Å². The van der Waals surface area contributed by atoms with Gasteiger partial charge in [0.15, 0.2) is 0 Å². The summed E-state index contributed by atoms with van der Waals surface area (Å²) in [5.74, 6) is -0.0716. The van der Waals surface area contributed by atoms with Crippen molar-refractivity contribution in [3.8, 4) is 0 Å². The minimum absolute atomic E-state index is 0.0716. The summed E-state index contributed by atoms with van der Waals surface area (Å²) in [6, 6.07) is 0. The summed E-state index contributed by atoms with van der Waals surface area (Å²) >= 11 is 5.73. The summed E-state index contributed by atoms with van der Waals surface area (Å²) in [6.07, 6.45) is 5.21. The Labute approximate surface area is 110 Å². The van der Waals surface area contributed by atoms with Gasteiger partial charge in [0.1, 0.15) is 0 Å². The van der Waals surface area contributed by atoms with Crippen molar-refractivity contribution in [3.05, 3.63) is 29.3 Å². The van der Waals surface area contributed by atoms with Crippen molar-refractivity contribution in [1.82, 2.24) is 19.6 Å². The lowest BCUT2D eigenvalue weighted by Crippen LogP contribution is -2.15. The third-order valence-corrected chi connectivity index (χ3v) is 2.87. The highest BCUT2D eigenvalue weighted by Gasteiger charge is 2.08. The third-order valence-electron chi connectivity index (χ3n) is 2.68. The van der Waals surface area contributed by atoms with Crippen LogP contribution in [-0.4, -0.2) is 25.5 Å². The molecule has 0 radical (unpaired) electrons. The number of hydrogen-bond acceptors (Lipinski definition) is 3. The molecule has 7 heteroatoms. The van der Waals surface area contributed by atoms with Crippen molar-refractivity contribution in [2.75, 3.05) is 5.32 Å². The highest BCUT2D eigenvalue weighted by molar-refractivity contribution is 6.30. The lowest BCUT2D eigenvalue weighted by molar-refractivity contribution is -0.116. The van der Waals surface area contributed by atoms with Gasteiger partial charge in [-0.15, -0.1) is 0 Å². The molecule has 0 saturated heterocycles. The van der Waals surface area contributed by atoms with Gasteiger partial charge in [-0.05, 0) is 6.92 Å². The molecule has 2 heterocycles. The zero-order valence-corrected chi connectivity index (χ0v) is 11.0. The zero-order valence-electron chi connectivity index (χ0n) is 10.2. The SMILES string of the molecule is Cc1c(NC(=O)CCn2cc(Cl)cn2)cnn1C. The molecular weight excluding hydrogens is 254 g/mol. The first-order valence-corrected chi connectivity index (χ1v) is 5.90. The molecule has 2 aromatic rings. The molecule has 6 nitrogen and oxygen atoms in total. The lowest BCUT2D eigenvalue weighted by atomic mass is 10.3. The Morgan fingerprint density at radius 2 is 2.22 bits per heavy atom. The smallest absolute Gasteiger partial charge is 0.226 e. The van der Waals surface area contributed by atoms with E-state index in [0.717, 1.165) is 11.4 Å². The summed E-state index contributed by atoms with van der Waals surface area (Å²) < 4.78 is 3.35.